The predicted molar refractivity (Wildman–Crippen MR) is 92.2 cm³/mol. The van der Waals surface area contributed by atoms with Gasteiger partial charge in [-0.1, -0.05) is 24.3 Å². The molecule has 3 rings (SSSR count). The van der Waals surface area contributed by atoms with Crippen molar-refractivity contribution in [2.45, 2.75) is 29.7 Å². The molecule has 3 atom stereocenters. The molecule has 0 radical (unpaired) electrons. The standard InChI is InChI=1S/C17H21N3O4S/c21-17-15(19-10-13-5-4-8-18-9-13)12-24-16(17)11-20-25(22,23)14-6-2-1-3-7-14/h1-9,15-17,19-21H,10-12H2. The lowest BCUT2D eigenvalue weighted by atomic mass is 10.1. The molecule has 0 spiro atoms. The maximum atomic E-state index is 12.2. The van der Waals surface area contributed by atoms with Crippen molar-refractivity contribution in [3.63, 3.8) is 0 Å². The zero-order chi connectivity index (χ0) is 17.7. The molecule has 0 amide bonds. The van der Waals surface area contributed by atoms with E-state index in [9.17, 15) is 13.5 Å². The summed E-state index contributed by atoms with van der Waals surface area (Å²) in [5.41, 5.74) is 1.00. The Morgan fingerprint density at radius 1 is 1.20 bits per heavy atom. The monoisotopic (exact) mass is 363 g/mol. The van der Waals surface area contributed by atoms with Crippen molar-refractivity contribution < 1.29 is 18.3 Å². The molecule has 0 saturated carbocycles. The second-order valence-electron chi connectivity index (χ2n) is 5.88. The topological polar surface area (TPSA) is 101 Å². The largest absolute Gasteiger partial charge is 0.389 e. The van der Waals surface area contributed by atoms with Gasteiger partial charge in [0.1, 0.15) is 0 Å². The summed E-state index contributed by atoms with van der Waals surface area (Å²) in [7, 11) is -3.61. The van der Waals surface area contributed by atoms with E-state index in [4.69, 9.17) is 4.74 Å². The van der Waals surface area contributed by atoms with E-state index in [1.54, 1.807) is 30.6 Å². The lowest BCUT2D eigenvalue weighted by Crippen LogP contribution is -2.44. The van der Waals surface area contributed by atoms with Crippen LogP contribution in [0.2, 0.25) is 0 Å². The van der Waals surface area contributed by atoms with Gasteiger partial charge in [0.15, 0.2) is 0 Å². The van der Waals surface area contributed by atoms with E-state index >= 15 is 0 Å². The Bertz CT molecular complexity index is 771. The SMILES string of the molecule is O=S(=O)(NCC1OCC(NCc2cccnc2)C1O)c1ccccc1. The van der Waals surface area contributed by atoms with Gasteiger partial charge >= 0.3 is 0 Å². The number of hydrogen-bond acceptors (Lipinski definition) is 6. The quantitative estimate of drug-likeness (QED) is 0.653. The van der Waals surface area contributed by atoms with Crippen molar-refractivity contribution in [2.75, 3.05) is 13.2 Å². The first kappa shape index (κ1) is 18.0. The minimum Gasteiger partial charge on any atom is -0.389 e. The van der Waals surface area contributed by atoms with Crippen molar-refractivity contribution >= 4 is 10.0 Å². The number of ether oxygens (including phenoxy) is 1. The van der Waals surface area contributed by atoms with E-state index in [-0.39, 0.29) is 17.5 Å². The van der Waals surface area contributed by atoms with Crippen LogP contribution in [0.1, 0.15) is 5.56 Å². The van der Waals surface area contributed by atoms with Gasteiger partial charge in [0.05, 0.1) is 29.8 Å². The summed E-state index contributed by atoms with van der Waals surface area (Å²) in [4.78, 5) is 4.23. The number of sulfonamides is 1. The lowest BCUT2D eigenvalue weighted by molar-refractivity contribution is 0.0443. The zero-order valence-electron chi connectivity index (χ0n) is 13.6. The van der Waals surface area contributed by atoms with Crippen LogP contribution < -0.4 is 10.0 Å². The minimum atomic E-state index is -3.61. The van der Waals surface area contributed by atoms with E-state index in [0.717, 1.165) is 5.56 Å². The zero-order valence-corrected chi connectivity index (χ0v) is 14.4. The summed E-state index contributed by atoms with van der Waals surface area (Å²) in [5.74, 6) is 0. The number of aromatic nitrogens is 1. The molecule has 3 unspecified atom stereocenters. The van der Waals surface area contributed by atoms with E-state index in [1.807, 2.05) is 12.1 Å². The Hall–Kier alpha value is -1.84. The fourth-order valence-corrected chi connectivity index (χ4v) is 3.74. The number of aliphatic hydroxyl groups is 1. The number of pyridine rings is 1. The first-order chi connectivity index (χ1) is 12.1. The molecule has 7 nitrogen and oxygen atoms in total. The Labute approximate surface area is 147 Å². The smallest absolute Gasteiger partial charge is 0.240 e. The number of rotatable bonds is 7. The Morgan fingerprint density at radius 2 is 2.00 bits per heavy atom. The van der Waals surface area contributed by atoms with Crippen LogP contribution in [0.3, 0.4) is 0 Å². The molecule has 134 valence electrons. The van der Waals surface area contributed by atoms with Gasteiger partial charge in [-0.05, 0) is 23.8 Å². The van der Waals surface area contributed by atoms with Crippen molar-refractivity contribution in [3.8, 4) is 0 Å². The first-order valence-electron chi connectivity index (χ1n) is 8.03. The van der Waals surface area contributed by atoms with Gasteiger partial charge in [-0.25, -0.2) is 13.1 Å². The van der Waals surface area contributed by atoms with Crippen LogP contribution in [0.4, 0.5) is 0 Å². The third-order valence-corrected chi connectivity index (χ3v) is 5.54. The summed E-state index contributed by atoms with van der Waals surface area (Å²) >= 11 is 0. The van der Waals surface area contributed by atoms with E-state index in [0.29, 0.717) is 13.2 Å². The normalized spacial score (nSPS) is 23.6. The fraction of sp³-hybridized carbons (Fsp3) is 0.353. The first-order valence-corrected chi connectivity index (χ1v) is 9.51. The van der Waals surface area contributed by atoms with Crippen LogP contribution in [0.15, 0.2) is 59.8 Å². The minimum absolute atomic E-state index is 0.0173. The molecule has 1 aromatic heterocycles. The molecule has 0 aliphatic carbocycles. The average molecular weight is 363 g/mol. The van der Waals surface area contributed by atoms with Crippen LogP contribution in [-0.4, -0.2) is 49.9 Å². The van der Waals surface area contributed by atoms with Crippen molar-refractivity contribution in [3.05, 3.63) is 60.4 Å². The summed E-state index contributed by atoms with van der Waals surface area (Å²) in [6.07, 6.45) is 2.06. The third kappa shape index (κ3) is 4.62. The highest BCUT2D eigenvalue weighted by atomic mass is 32.2. The third-order valence-electron chi connectivity index (χ3n) is 4.10. The summed E-state index contributed by atoms with van der Waals surface area (Å²) in [6, 6.07) is 11.6. The van der Waals surface area contributed by atoms with Crippen LogP contribution in [-0.2, 0) is 21.3 Å². The number of aliphatic hydroxyl groups excluding tert-OH is 1. The molecule has 1 aliphatic rings. The molecule has 2 heterocycles. The molecule has 2 aromatic rings. The molecule has 1 aliphatic heterocycles. The molecule has 8 heteroatoms. The highest BCUT2D eigenvalue weighted by molar-refractivity contribution is 7.89. The molecule has 1 fully saturated rings. The summed E-state index contributed by atoms with van der Waals surface area (Å²) in [5, 5.41) is 13.6. The average Bonchev–Trinajstić information content (AvgIpc) is 3.00. The van der Waals surface area contributed by atoms with Crippen LogP contribution in [0.25, 0.3) is 0 Å². The van der Waals surface area contributed by atoms with Gasteiger partial charge in [0, 0.05) is 25.5 Å². The molecule has 0 bridgehead atoms. The van der Waals surface area contributed by atoms with Crippen molar-refractivity contribution in [1.82, 2.24) is 15.0 Å². The fourth-order valence-electron chi connectivity index (χ4n) is 2.67. The van der Waals surface area contributed by atoms with Gasteiger partial charge in [0.2, 0.25) is 10.0 Å². The Morgan fingerprint density at radius 3 is 2.72 bits per heavy atom. The van der Waals surface area contributed by atoms with Crippen LogP contribution in [0.5, 0.6) is 0 Å². The lowest BCUT2D eigenvalue weighted by Gasteiger charge is -2.19. The van der Waals surface area contributed by atoms with Gasteiger partial charge < -0.3 is 15.2 Å². The second-order valence-corrected chi connectivity index (χ2v) is 7.64. The Kier molecular flexibility index (Phi) is 5.77. The van der Waals surface area contributed by atoms with Crippen molar-refractivity contribution in [2.24, 2.45) is 0 Å². The molecule has 1 aromatic carbocycles. The molecule has 3 N–H and O–H groups in total. The molecule has 1 saturated heterocycles. The predicted octanol–water partition coefficient (Wildman–Crippen LogP) is 0.278. The van der Waals surface area contributed by atoms with E-state index < -0.39 is 22.2 Å². The van der Waals surface area contributed by atoms with Crippen molar-refractivity contribution in [1.29, 1.82) is 0 Å². The molecular weight excluding hydrogens is 342 g/mol. The number of benzene rings is 1. The van der Waals surface area contributed by atoms with Gasteiger partial charge in [-0.3, -0.25) is 4.98 Å². The number of nitrogens with zero attached hydrogens (tertiary/aromatic N) is 1. The highest BCUT2D eigenvalue weighted by Crippen LogP contribution is 2.16. The second kappa shape index (κ2) is 8.03. The highest BCUT2D eigenvalue weighted by Gasteiger charge is 2.36. The van der Waals surface area contributed by atoms with Gasteiger partial charge in [-0.2, -0.15) is 0 Å². The Balaban J connectivity index is 1.51. The van der Waals surface area contributed by atoms with E-state index in [2.05, 4.69) is 15.0 Å². The molecule has 25 heavy (non-hydrogen) atoms. The maximum Gasteiger partial charge on any atom is 0.240 e. The number of hydrogen-bond donors (Lipinski definition) is 3. The van der Waals surface area contributed by atoms with Gasteiger partial charge in [-0.15, -0.1) is 0 Å². The van der Waals surface area contributed by atoms with Crippen LogP contribution >= 0.6 is 0 Å². The van der Waals surface area contributed by atoms with Crippen LogP contribution in [0, 0.1) is 0 Å². The summed E-state index contributed by atoms with van der Waals surface area (Å²) < 4.78 is 32.5. The number of nitrogens with one attached hydrogen (secondary N) is 2. The molecular formula is C17H21N3O4S. The van der Waals surface area contributed by atoms with Gasteiger partial charge in [0.25, 0.3) is 0 Å². The maximum absolute atomic E-state index is 12.2. The van der Waals surface area contributed by atoms with E-state index in [1.165, 1.54) is 12.1 Å². The summed E-state index contributed by atoms with van der Waals surface area (Å²) in [6.45, 7) is 0.893.